The van der Waals surface area contributed by atoms with Crippen molar-refractivity contribution in [2.45, 2.75) is 32.7 Å². The van der Waals surface area contributed by atoms with Crippen LogP contribution in [0.2, 0.25) is 0 Å². The van der Waals surface area contributed by atoms with Crippen molar-refractivity contribution in [1.29, 1.82) is 0 Å². The molecule has 1 aromatic carbocycles. The number of hydrogen-bond donors (Lipinski definition) is 1. The summed E-state index contributed by atoms with van der Waals surface area (Å²) in [7, 11) is 0. The molecule has 3 nitrogen and oxygen atoms in total. The molecule has 4 heteroatoms. The molecule has 1 aromatic rings. The minimum Gasteiger partial charge on any atom is -0.466 e. The monoisotopic (exact) mass is 253 g/mol. The van der Waals surface area contributed by atoms with Gasteiger partial charge in [-0.2, -0.15) is 0 Å². The van der Waals surface area contributed by atoms with Crippen LogP contribution in [0, 0.1) is 5.82 Å². The lowest BCUT2D eigenvalue weighted by atomic mass is 10.1. The largest absolute Gasteiger partial charge is 0.466 e. The Morgan fingerprint density at radius 2 is 2.06 bits per heavy atom. The maximum Gasteiger partial charge on any atom is 0.307 e. The molecule has 0 amide bonds. The second kappa shape index (κ2) is 7.82. The number of hydrogen-bond acceptors (Lipinski definition) is 3. The van der Waals surface area contributed by atoms with E-state index in [4.69, 9.17) is 4.74 Å². The summed E-state index contributed by atoms with van der Waals surface area (Å²) < 4.78 is 17.6. The van der Waals surface area contributed by atoms with Crippen molar-refractivity contribution >= 4 is 5.97 Å². The van der Waals surface area contributed by atoms with Crippen LogP contribution in [0.25, 0.3) is 0 Å². The lowest BCUT2D eigenvalue weighted by Crippen LogP contribution is -2.30. The molecule has 0 aliphatic heterocycles. The summed E-state index contributed by atoms with van der Waals surface area (Å²) in [5.41, 5.74) is 1.08. The zero-order valence-corrected chi connectivity index (χ0v) is 10.9. The smallest absolute Gasteiger partial charge is 0.307 e. The van der Waals surface area contributed by atoms with Crippen molar-refractivity contribution in [1.82, 2.24) is 5.32 Å². The third kappa shape index (κ3) is 5.77. The average molecular weight is 253 g/mol. The van der Waals surface area contributed by atoms with E-state index >= 15 is 0 Å². The normalized spacial score (nSPS) is 12.2. The Bertz CT molecular complexity index is 365. The maximum atomic E-state index is 12.7. The van der Waals surface area contributed by atoms with E-state index in [-0.39, 0.29) is 17.8 Å². The summed E-state index contributed by atoms with van der Waals surface area (Å²) in [6.45, 7) is 4.85. The lowest BCUT2D eigenvalue weighted by Gasteiger charge is -2.13. The predicted molar refractivity (Wildman–Crippen MR) is 68.8 cm³/mol. The minimum absolute atomic E-state index is 0.181. The van der Waals surface area contributed by atoms with E-state index in [9.17, 15) is 9.18 Å². The van der Waals surface area contributed by atoms with Crippen LogP contribution in [0.1, 0.15) is 25.8 Å². The van der Waals surface area contributed by atoms with Gasteiger partial charge in [0, 0.05) is 12.6 Å². The molecule has 0 aliphatic carbocycles. The fraction of sp³-hybridized carbons (Fsp3) is 0.500. The van der Waals surface area contributed by atoms with Crippen molar-refractivity contribution in [2.24, 2.45) is 0 Å². The van der Waals surface area contributed by atoms with Gasteiger partial charge in [0.15, 0.2) is 0 Å². The second-order valence-corrected chi connectivity index (χ2v) is 4.24. The standard InChI is InChI=1S/C14H20FNO2/c1-3-18-14(17)8-9-16-11(2)10-12-4-6-13(15)7-5-12/h4-7,11,16H,3,8-10H2,1-2H3. The Labute approximate surface area is 107 Å². The van der Waals surface area contributed by atoms with Crippen molar-refractivity contribution in [3.8, 4) is 0 Å². The molecule has 1 atom stereocenters. The van der Waals surface area contributed by atoms with Crippen LogP contribution in [-0.2, 0) is 16.0 Å². The van der Waals surface area contributed by atoms with Crippen LogP contribution < -0.4 is 5.32 Å². The highest BCUT2D eigenvalue weighted by molar-refractivity contribution is 5.69. The van der Waals surface area contributed by atoms with E-state index < -0.39 is 0 Å². The van der Waals surface area contributed by atoms with Gasteiger partial charge in [0.25, 0.3) is 0 Å². The SMILES string of the molecule is CCOC(=O)CCNC(C)Cc1ccc(F)cc1. The molecule has 0 bridgehead atoms. The number of halogens is 1. The Morgan fingerprint density at radius 1 is 1.39 bits per heavy atom. The number of benzene rings is 1. The molecule has 1 unspecified atom stereocenters. The van der Waals surface area contributed by atoms with Crippen LogP contribution in [0.5, 0.6) is 0 Å². The van der Waals surface area contributed by atoms with Crippen LogP contribution in [0.15, 0.2) is 24.3 Å². The van der Waals surface area contributed by atoms with Gasteiger partial charge in [-0.05, 0) is 38.0 Å². The zero-order valence-electron chi connectivity index (χ0n) is 10.9. The number of carbonyl (C=O) groups excluding carboxylic acids is 1. The fourth-order valence-electron chi connectivity index (χ4n) is 1.70. The maximum absolute atomic E-state index is 12.7. The first-order chi connectivity index (χ1) is 8.61. The molecule has 0 aliphatic rings. The van der Waals surface area contributed by atoms with E-state index in [0.29, 0.717) is 19.6 Å². The van der Waals surface area contributed by atoms with Gasteiger partial charge in [-0.3, -0.25) is 4.79 Å². The average Bonchev–Trinajstić information content (AvgIpc) is 2.32. The molecule has 100 valence electrons. The molecular formula is C14H20FNO2. The first-order valence-corrected chi connectivity index (χ1v) is 6.25. The van der Waals surface area contributed by atoms with Crippen LogP contribution in [-0.4, -0.2) is 25.2 Å². The predicted octanol–water partition coefficient (Wildman–Crippen LogP) is 2.30. The number of rotatable bonds is 7. The lowest BCUT2D eigenvalue weighted by molar-refractivity contribution is -0.142. The van der Waals surface area contributed by atoms with Crippen molar-refractivity contribution < 1.29 is 13.9 Å². The molecule has 0 saturated heterocycles. The van der Waals surface area contributed by atoms with Gasteiger partial charge in [0.2, 0.25) is 0 Å². The van der Waals surface area contributed by atoms with Gasteiger partial charge < -0.3 is 10.1 Å². The highest BCUT2D eigenvalue weighted by Crippen LogP contribution is 2.05. The van der Waals surface area contributed by atoms with Crippen molar-refractivity contribution in [3.05, 3.63) is 35.6 Å². The summed E-state index contributed by atoms with van der Waals surface area (Å²) >= 11 is 0. The molecule has 0 radical (unpaired) electrons. The molecule has 0 fully saturated rings. The Balaban J connectivity index is 2.23. The van der Waals surface area contributed by atoms with Gasteiger partial charge in [-0.1, -0.05) is 12.1 Å². The number of carbonyl (C=O) groups is 1. The third-order valence-corrected chi connectivity index (χ3v) is 2.58. The number of ether oxygens (including phenoxy) is 1. The van der Waals surface area contributed by atoms with Gasteiger partial charge in [0.05, 0.1) is 13.0 Å². The van der Waals surface area contributed by atoms with Gasteiger partial charge in [0.1, 0.15) is 5.82 Å². The quantitative estimate of drug-likeness (QED) is 0.758. The molecule has 18 heavy (non-hydrogen) atoms. The van der Waals surface area contributed by atoms with Crippen LogP contribution in [0.3, 0.4) is 0 Å². The number of esters is 1. The molecular weight excluding hydrogens is 233 g/mol. The fourth-order valence-corrected chi connectivity index (χ4v) is 1.70. The van der Waals surface area contributed by atoms with Crippen molar-refractivity contribution in [3.63, 3.8) is 0 Å². The highest BCUT2D eigenvalue weighted by Gasteiger charge is 2.05. The topological polar surface area (TPSA) is 38.3 Å². The molecule has 1 N–H and O–H groups in total. The summed E-state index contributed by atoms with van der Waals surface area (Å²) in [6, 6.07) is 6.71. The van der Waals surface area contributed by atoms with Gasteiger partial charge in [-0.25, -0.2) is 4.39 Å². The summed E-state index contributed by atoms with van der Waals surface area (Å²) in [5, 5.41) is 3.24. The van der Waals surface area contributed by atoms with E-state index in [1.165, 1.54) is 12.1 Å². The van der Waals surface area contributed by atoms with Crippen molar-refractivity contribution in [2.75, 3.05) is 13.2 Å². The third-order valence-electron chi connectivity index (χ3n) is 2.58. The summed E-state index contributed by atoms with van der Waals surface area (Å²) in [5.74, 6) is -0.402. The molecule has 1 rings (SSSR count). The Morgan fingerprint density at radius 3 is 2.67 bits per heavy atom. The summed E-state index contributed by atoms with van der Waals surface area (Å²) in [6.07, 6.45) is 1.19. The first-order valence-electron chi connectivity index (χ1n) is 6.25. The van der Waals surface area contributed by atoms with E-state index in [1.807, 2.05) is 6.92 Å². The van der Waals surface area contributed by atoms with Crippen LogP contribution in [0.4, 0.5) is 4.39 Å². The van der Waals surface area contributed by atoms with E-state index in [1.54, 1.807) is 19.1 Å². The minimum atomic E-state index is -0.221. The molecule has 0 saturated carbocycles. The Hall–Kier alpha value is -1.42. The van der Waals surface area contributed by atoms with Gasteiger partial charge in [-0.15, -0.1) is 0 Å². The van der Waals surface area contributed by atoms with Crippen LogP contribution >= 0.6 is 0 Å². The van der Waals surface area contributed by atoms with E-state index in [0.717, 1.165) is 12.0 Å². The molecule has 0 heterocycles. The first kappa shape index (κ1) is 14.6. The Kier molecular flexibility index (Phi) is 6.36. The number of nitrogens with one attached hydrogen (secondary N) is 1. The second-order valence-electron chi connectivity index (χ2n) is 4.24. The zero-order chi connectivity index (χ0) is 13.4. The highest BCUT2D eigenvalue weighted by atomic mass is 19.1. The molecule has 0 spiro atoms. The van der Waals surface area contributed by atoms with E-state index in [2.05, 4.69) is 5.32 Å². The summed E-state index contributed by atoms with van der Waals surface area (Å²) in [4.78, 5) is 11.1. The van der Waals surface area contributed by atoms with Gasteiger partial charge >= 0.3 is 5.97 Å². The molecule has 0 aromatic heterocycles.